The van der Waals surface area contributed by atoms with E-state index in [1.54, 1.807) is 25.1 Å². The molecule has 2 fully saturated rings. The fourth-order valence-electron chi connectivity index (χ4n) is 4.24. The molecule has 4 rings (SSSR count). The van der Waals surface area contributed by atoms with Gasteiger partial charge in [-0.15, -0.1) is 0 Å². The molecule has 1 aromatic heterocycles. The monoisotopic (exact) mass is 385 g/mol. The number of benzene rings is 1. The second kappa shape index (κ2) is 8.32. The van der Waals surface area contributed by atoms with Gasteiger partial charge in [-0.3, -0.25) is 9.69 Å². The van der Waals surface area contributed by atoms with Crippen molar-refractivity contribution in [3.8, 4) is 0 Å². The number of nitrogens with zero attached hydrogens (tertiary/aromatic N) is 1. The molecule has 1 aromatic carbocycles. The van der Waals surface area contributed by atoms with Gasteiger partial charge in [0.15, 0.2) is 0 Å². The van der Waals surface area contributed by atoms with Crippen LogP contribution < -0.4 is 10.6 Å². The Kier molecular flexibility index (Phi) is 5.64. The molecular formula is C21H27N3O4. The van der Waals surface area contributed by atoms with E-state index in [1.807, 2.05) is 6.07 Å². The Hall–Kier alpha value is -2.38. The van der Waals surface area contributed by atoms with Crippen molar-refractivity contribution in [1.29, 1.82) is 0 Å². The number of likely N-dealkylation sites (tertiary alicyclic amines) is 1. The van der Waals surface area contributed by atoms with Gasteiger partial charge >= 0.3 is 5.97 Å². The maximum Gasteiger partial charge on any atom is 0.374 e. The van der Waals surface area contributed by atoms with Crippen LogP contribution in [0.2, 0.25) is 0 Å². The van der Waals surface area contributed by atoms with Crippen LogP contribution in [0.1, 0.15) is 43.2 Å². The predicted molar refractivity (Wildman–Crippen MR) is 106 cm³/mol. The number of furan rings is 1. The highest BCUT2D eigenvalue weighted by Gasteiger charge is 2.37. The molecule has 2 aliphatic rings. The Morgan fingerprint density at radius 2 is 2.07 bits per heavy atom. The molecule has 1 amide bonds. The maximum atomic E-state index is 12.9. The van der Waals surface area contributed by atoms with Crippen molar-refractivity contribution in [3.05, 3.63) is 30.0 Å². The smallest absolute Gasteiger partial charge is 0.374 e. The third kappa shape index (κ3) is 3.91. The lowest BCUT2D eigenvalue weighted by Crippen LogP contribution is -2.51. The molecule has 0 aliphatic carbocycles. The second-order valence-corrected chi connectivity index (χ2v) is 7.46. The van der Waals surface area contributed by atoms with Gasteiger partial charge in [-0.25, -0.2) is 4.79 Å². The lowest BCUT2D eigenvalue weighted by Gasteiger charge is -2.34. The first-order valence-corrected chi connectivity index (χ1v) is 10.1. The molecule has 2 aliphatic heterocycles. The number of piperidine rings is 1. The van der Waals surface area contributed by atoms with E-state index in [1.165, 1.54) is 19.3 Å². The van der Waals surface area contributed by atoms with Crippen molar-refractivity contribution >= 4 is 28.5 Å². The zero-order valence-corrected chi connectivity index (χ0v) is 16.2. The lowest BCUT2D eigenvalue weighted by molar-refractivity contribution is -0.119. The molecule has 0 saturated carbocycles. The van der Waals surface area contributed by atoms with Crippen LogP contribution in [0, 0.1) is 0 Å². The molecule has 2 saturated heterocycles. The fourth-order valence-corrected chi connectivity index (χ4v) is 4.24. The molecule has 2 atom stereocenters. The zero-order chi connectivity index (χ0) is 19.5. The van der Waals surface area contributed by atoms with Gasteiger partial charge in [0.1, 0.15) is 11.6 Å². The van der Waals surface area contributed by atoms with E-state index in [2.05, 4.69) is 15.5 Å². The minimum absolute atomic E-state index is 0.0125. The normalized spacial score (nSPS) is 23.0. The summed E-state index contributed by atoms with van der Waals surface area (Å²) in [5, 5.41) is 7.14. The summed E-state index contributed by atoms with van der Waals surface area (Å²) in [6.45, 7) is 5.07. The molecule has 0 bridgehead atoms. The van der Waals surface area contributed by atoms with Gasteiger partial charge in [-0.2, -0.15) is 0 Å². The Morgan fingerprint density at radius 3 is 2.86 bits per heavy atom. The predicted octanol–water partition coefficient (Wildman–Crippen LogP) is 2.76. The molecule has 7 heteroatoms. The summed E-state index contributed by atoms with van der Waals surface area (Å²) in [6, 6.07) is 7.08. The van der Waals surface area contributed by atoms with Crippen LogP contribution in [0.15, 0.2) is 28.7 Å². The highest BCUT2D eigenvalue weighted by atomic mass is 16.5. The van der Waals surface area contributed by atoms with Crippen LogP contribution in [0.5, 0.6) is 0 Å². The van der Waals surface area contributed by atoms with E-state index in [0.717, 1.165) is 31.4 Å². The number of hydrogen-bond acceptors (Lipinski definition) is 6. The fraction of sp³-hybridized carbons (Fsp3) is 0.524. The van der Waals surface area contributed by atoms with Crippen LogP contribution in [-0.4, -0.2) is 55.1 Å². The van der Waals surface area contributed by atoms with E-state index in [4.69, 9.17) is 9.15 Å². The number of carbonyl (C=O) groups is 2. The number of amides is 1. The number of hydrogen-bond donors (Lipinski definition) is 2. The number of rotatable bonds is 5. The van der Waals surface area contributed by atoms with E-state index in [0.29, 0.717) is 17.9 Å². The van der Waals surface area contributed by atoms with Gasteiger partial charge in [0, 0.05) is 17.1 Å². The SMILES string of the molecule is CCOC(=O)c1cc2cc(NC(=O)C3NCC[C@H]3N3CCCCC3)ccc2o1. The van der Waals surface area contributed by atoms with Gasteiger partial charge in [-0.05, 0) is 70.1 Å². The highest BCUT2D eigenvalue weighted by molar-refractivity contribution is 5.98. The number of nitrogens with one attached hydrogen (secondary N) is 2. The van der Waals surface area contributed by atoms with Crippen molar-refractivity contribution in [2.24, 2.45) is 0 Å². The quantitative estimate of drug-likeness (QED) is 0.770. The standard InChI is InChI=1S/C21H27N3O4/c1-2-27-21(26)18-13-14-12-15(6-7-17(14)28-18)23-20(25)19-16(8-9-22-19)24-10-4-3-5-11-24/h6-7,12-13,16,19,22H,2-5,8-11H2,1H3,(H,23,25)/t16-,19?/m1/s1. The van der Waals surface area contributed by atoms with Crippen LogP contribution in [-0.2, 0) is 9.53 Å². The van der Waals surface area contributed by atoms with Gasteiger partial charge in [0.25, 0.3) is 0 Å². The van der Waals surface area contributed by atoms with Crippen molar-refractivity contribution in [2.45, 2.75) is 44.7 Å². The summed E-state index contributed by atoms with van der Waals surface area (Å²) in [6.07, 6.45) is 4.71. The Morgan fingerprint density at radius 1 is 1.25 bits per heavy atom. The maximum absolute atomic E-state index is 12.9. The first kappa shape index (κ1) is 19.0. The van der Waals surface area contributed by atoms with Crippen molar-refractivity contribution in [1.82, 2.24) is 10.2 Å². The van der Waals surface area contributed by atoms with Crippen LogP contribution >= 0.6 is 0 Å². The van der Waals surface area contributed by atoms with E-state index >= 15 is 0 Å². The van der Waals surface area contributed by atoms with Gasteiger partial charge in [0.05, 0.1) is 6.61 Å². The summed E-state index contributed by atoms with van der Waals surface area (Å²) in [5.74, 6) is -0.326. The molecule has 28 heavy (non-hydrogen) atoms. The average molecular weight is 385 g/mol. The third-order valence-corrected chi connectivity index (χ3v) is 5.59. The highest BCUT2D eigenvalue weighted by Crippen LogP contribution is 2.25. The number of ether oxygens (including phenoxy) is 1. The Bertz CT molecular complexity index is 856. The van der Waals surface area contributed by atoms with Gasteiger partial charge < -0.3 is 19.8 Å². The molecule has 150 valence electrons. The van der Waals surface area contributed by atoms with Crippen molar-refractivity contribution < 1.29 is 18.7 Å². The Balaban J connectivity index is 1.46. The van der Waals surface area contributed by atoms with E-state index in [-0.39, 0.29) is 23.8 Å². The molecule has 7 nitrogen and oxygen atoms in total. The summed E-state index contributed by atoms with van der Waals surface area (Å²) < 4.78 is 10.5. The van der Waals surface area contributed by atoms with Gasteiger partial charge in [0.2, 0.25) is 11.7 Å². The summed E-state index contributed by atoms with van der Waals surface area (Å²) >= 11 is 0. The minimum Gasteiger partial charge on any atom is -0.460 e. The summed E-state index contributed by atoms with van der Waals surface area (Å²) in [4.78, 5) is 27.2. The Labute approximate surface area is 164 Å². The average Bonchev–Trinajstić information content (AvgIpc) is 3.36. The van der Waals surface area contributed by atoms with Crippen LogP contribution in [0.3, 0.4) is 0 Å². The first-order valence-electron chi connectivity index (χ1n) is 10.1. The zero-order valence-electron chi connectivity index (χ0n) is 16.2. The van der Waals surface area contributed by atoms with Crippen molar-refractivity contribution in [2.75, 3.05) is 31.6 Å². The van der Waals surface area contributed by atoms with Crippen molar-refractivity contribution in [3.63, 3.8) is 0 Å². The minimum atomic E-state index is -0.483. The third-order valence-electron chi connectivity index (χ3n) is 5.59. The summed E-state index contributed by atoms with van der Waals surface area (Å²) in [5.41, 5.74) is 1.28. The second-order valence-electron chi connectivity index (χ2n) is 7.46. The van der Waals surface area contributed by atoms with Gasteiger partial charge in [-0.1, -0.05) is 6.42 Å². The number of anilines is 1. The number of esters is 1. The molecule has 2 N–H and O–H groups in total. The van der Waals surface area contributed by atoms with Crippen LogP contribution in [0.4, 0.5) is 5.69 Å². The molecule has 1 unspecified atom stereocenters. The topological polar surface area (TPSA) is 83.8 Å². The first-order chi connectivity index (χ1) is 13.7. The molecule has 3 heterocycles. The largest absolute Gasteiger partial charge is 0.460 e. The number of fused-ring (bicyclic) bond motifs is 1. The molecular weight excluding hydrogens is 358 g/mol. The van der Waals surface area contributed by atoms with Crippen LogP contribution in [0.25, 0.3) is 11.0 Å². The molecule has 0 spiro atoms. The lowest BCUT2D eigenvalue weighted by atomic mass is 10.0. The number of carbonyl (C=O) groups excluding carboxylic acids is 2. The molecule has 0 radical (unpaired) electrons. The van der Waals surface area contributed by atoms with E-state index in [9.17, 15) is 9.59 Å². The molecule has 2 aromatic rings. The van der Waals surface area contributed by atoms with E-state index < -0.39 is 5.97 Å². The summed E-state index contributed by atoms with van der Waals surface area (Å²) in [7, 11) is 0.